The molecule has 1 saturated heterocycles. The third-order valence-electron chi connectivity index (χ3n) is 4.39. The molecular weight excluding hydrogens is 272 g/mol. The molecule has 1 amide bonds. The molecule has 2 aromatic rings. The van der Waals surface area contributed by atoms with Crippen LogP contribution in [0.1, 0.15) is 22.5 Å². The van der Waals surface area contributed by atoms with Crippen LogP contribution in [0.2, 0.25) is 0 Å². The number of hydrogen-bond donors (Lipinski definition) is 2. The van der Waals surface area contributed by atoms with E-state index in [1.165, 1.54) is 6.42 Å². The highest BCUT2D eigenvalue weighted by Crippen LogP contribution is 2.45. The van der Waals surface area contributed by atoms with Crippen molar-refractivity contribution >= 4 is 16.9 Å². The van der Waals surface area contributed by atoms with Crippen LogP contribution >= 0.6 is 0 Å². The first-order valence-corrected chi connectivity index (χ1v) is 6.96. The fraction of sp³-hybridized carbons (Fsp3) is 0.429. The Morgan fingerprint density at radius 1 is 1.29 bits per heavy atom. The largest absolute Gasteiger partial charge is 0.337 e. The van der Waals surface area contributed by atoms with Crippen molar-refractivity contribution in [3.05, 3.63) is 38.2 Å². The molecule has 1 aliphatic carbocycles. The lowest BCUT2D eigenvalue weighted by molar-refractivity contribution is 0.0770. The highest BCUT2D eigenvalue weighted by Gasteiger charge is 2.46. The van der Waals surface area contributed by atoms with Crippen LogP contribution in [0.4, 0.5) is 0 Å². The minimum atomic E-state index is -0.619. The summed E-state index contributed by atoms with van der Waals surface area (Å²) in [4.78, 5) is 46.2. The Morgan fingerprint density at radius 2 is 2.00 bits per heavy atom. The molecule has 21 heavy (non-hydrogen) atoms. The lowest BCUT2D eigenvalue weighted by atomic mass is 10.1. The normalized spacial score (nSPS) is 23.4. The molecule has 0 radical (unpaired) electrons. The second kappa shape index (κ2) is 4.03. The first kappa shape index (κ1) is 12.3. The fourth-order valence-electron chi connectivity index (χ4n) is 3.19. The van der Waals surface area contributed by atoms with E-state index in [-0.39, 0.29) is 17.2 Å². The summed E-state index contributed by atoms with van der Waals surface area (Å²) in [6.45, 7) is 3.30. The second-order valence-electron chi connectivity index (χ2n) is 5.92. The van der Waals surface area contributed by atoms with E-state index in [9.17, 15) is 14.4 Å². The van der Waals surface area contributed by atoms with Crippen LogP contribution in [-0.2, 0) is 0 Å². The Bertz CT molecular complexity index is 872. The standard InChI is InChI=1S/C14H14N4O3/c1-6-2-9(13(20)18-4-7-3-8(7)5-18)15-11-10(6)12(19)17-14(21)16-11/h2,7-8H,3-5H2,1H3,(H2,15,16,17,19,21). The van der Waals surface area contributed by atoms with Crippen molar-refractivity contribution in [1.29, 1.82) is 0 Å². The summed E-state index contributed by atoms with van der Waals surface area (Å²) in [6.07, 6.45) is 1.22. The van der Waals surface area contributed by atoms with Crippen LogP contribution in [0, 0.1) is 18.8 Å². The van der Waals surface area contributed by atoms with Gasteiger partial charge in [-0.25, -0.2) is 9.78 Å². The van der Waals surface area contributed by atoms with Gasteiger partial charge < -0.3 is 4.90 Å². The Labute approximate surface area is 119 Å². The number of nitrogens with one attached hydrogen (secondary N) is 2. The van der Waals surface area contributed by atoms with Gasteiger partial charge in [0.2, 0.25) is 0 Å². The second-order valence-corrected chi connectivity index (χ2v) is 5.92. The molecule has 2 aromatic heterocycles. The molecule has 1 saturated carbocycles. The van der Waals surface area contributed by atoms with E-state index in [0.29, 0.717) is 22.8 Å². The summed E-state index contributed by atoms with van der Waals surface area (Å²) in [5, 5.41) is 0.315. The summed E-state index contributed by atoms with van der Waals surface area (Å²) in [5.41, 5.74) is -0.0317. The van der Waals surface area contributed by atoms with Crippen molar-refractivity contribution in [2.45, 2.75) is 13.3 Å². The topological polar surface area (TPSA) is 98.9 Å². The van der Waals surface area contributed by atoms with E-state index in [0.717, 1.165) is 13.1 Å². The lowest BCUT2D eigenvalue weighted by Gasteiger charge is -2.17. The number of nitrogens with zero attached hydrogens (tertiary/aromatic N) is 2. The minimum absolute atomic E-state index is 0.131. The number of amides is 1. The monoisotopic (exact) mass is 286 g/mol. The Hall–Kier alpha value is -2.44. The number of hydrogen-bond acceptors (Lipinski definition) is 4. The summed E-state index contributed by atoms with van der Waals surface area (Å²) in [6, 6.07) is 1.61. The van der Waals surface area contributed by atoms with E-state index >= 15 is 0 Å². The maximum Gasteiger partial charge on any atom is 0.327 e. The molecular formula is C14H14N4O3. The summed E-state index contributed by atoms with van der Waals surface area (Å²) >= 11 is 0. The number of aromatic nitrogens is 3. The van der Waals surface area contributed by atoms with Crippen molar-refractivity contribution in [1.82, 2.24) is 19.9 Å². The van der Waals surface area contributed by atoms with Crippen molar-refractivity contribution in [2.24, 2.45) is 11.8 Å². The Morgan fingerprint density at radius 3 is 2.71 bits per heavy atom. The molecule has 4 rings (SSSR count). The third-order valence-corrected chi connectivity index (χ3v) is 4.39. The van der Waals surface area contributed by atoms with E-state index < -0.39 is 11.2 Å². The molecule has 2 atom stereocenters. The number of carbonyl (C=O) groups is 1. The maximum absolute atomic E-state index is 12.5. The van der Waals surface area contributed by atoms with Gasteiger partial charge in [-0.3, -0.25) is 19.6 Å². The van der Waals surface area contributed by atoms with E-state index in [2.05, 4.69) is 15.0 Å². The number of rotatable bonds is 1. The average Bonchev–Trinajstić information content (AvgIpc) is 3.03. The minimum Gasteiger partial charge on any atom is -0.337 e. The molecule has 7 heteroatoms. The number of carbonyl (C=O) groups excluding carboxylic acids is 1. The van der Waals surface area contributed by atoms with E-state index in [1.54, 1.807) is 17.9 Å². The van der Waals surface area contributed by atoms with Gasteiger partial charge in [-0.05, 0) is 36.8 Å². The van der Waals surface area contributed by atoms with Crippen molar-refractivity contribution in [2.75, 3.05) is 13.1 Å². The van der Waals surface area contributed by atoms with Gasteiger partial charge in [-0.1, -0.05) is 0 Å². The smallest absolute Gasteiger partial charge is 0.327 e. The van der Waals surface area contributed by atoms with Crippen molar-refractivity contribution < 1.29 is 4.79 Å². The van der Waals surface area contributed by atoms with Gasteiger partial charge in [0.05, 0.1) is 5.39 Å². The summed E-state index contributed by atoms with van der Waals surface area (Å²) < 4.78 is 0. The number of aryl methyl sites for hydroxylation is 1. The lowest BCUT2D eigenvalue weighted by Crippen LogP contribution is -2.31. The number of fused-ring (bicyclic) bond motifs is 2. The van der Waals surface area contributed by atoms with Gasteiger partial charge in [-0.2, -0.15) is 0 Å². The van der Waals surface area contributed by atoms with Crippen LogP contribution in [0.15, 0.2) is 15.7 Å². The molecule has 0 bridgehead atoms. The first-order valence-electron chi connectivity index (χ1n) is 6.96. The number of pyridine rings is 1. The Balaban J connectivity index is 1.81. The van der Waals surface area contributed by atoms with E-state index in [1.807, 2.05) is 0 Å². The number of H-pyrrole nitrogens is 2. The zero-order valence-electron chi connectivity index (χ0n) is 11.5. The molecule has 2 unspecified atom stereocenters. The highest BCUT2D eigenvalue weighted by atomic mass is 16.2. The first-order chi connectivity index (χ1) is 10.0. The molecule has 1 aliphatic heterocycles. The SMILES string of the molecule is Cc1cc(C(=O)N2CC3CC3C2)nc2[nH]c(=O)[nH]c(=O)c12. The predicted molar refractivity (Wildman–Crippen MR) is 75.2 cm³/mol. The number of likely N-dealkylation sites (tertiary alicyclic amines) is 1. The quantitative estimate of drug-likeness (QED) is 0.771. The van der Waals surface area contributed by atoms with Gasteiger partial charge in [0.1, 0.15) is 11.3 Å². The van der Waals surface area contributed by atoms with E-state index in [4.69, 9.17) is 0 Å². The zero-order chi connectivity index (χ0) is 14.7. The third kappa shape index (κ3) is 1.88. The van der Waals surface area contributed by atoms with Crippen LogP contribution < -0.4 is 11.2 Å². The molecule has 2 fully saturated rings. The van der Waals surface area contributed by atoms with Crippen LogP contribution in [-0.4, -0.2) is 38.8 Å². The summed E-state index contributed by atoms with van der Waals surface area (Å²) in [7, 11) is 0. The molecule has 2 aliphatic rings. The zero-order valence-corrected chi connectivity index (χ0v) is 11.5. The van der Waals surface area contributed by atoms with Crippen molar-refractivity contribution in [3.63, 3.8) is 0 Å². The van der Waals surface area contributed by atoms with Crippen LogP contribution in [0.3, 0.4) is 0 Å². The molecule has 7 nitrogen and oxygen atoms in total. The average molecular weight is 286 g/mol. The highest BCUT2D eigenvalue weighted by molar-refractivity contribution is 5.95. The van der Waals surface area contributed by atoms with Crippen LogP contribution in [0.5, 0.6) is 0 Å². The van der Waals surface area contributed by atoms with Gasteiger partial charge in [0.25, 0.3) is 11.5 Å². The fourth-order valence-corrected chi connectivity index (χ4v) is 3.19. The number of aromatic amines is 2. The molecule has 3 heterocycles. The maximum atomic E-state index is 12.5. The molecule has 108 valence electrons. The van der Waals surface area contributed by atoms with Crippen LogP contribution in [0.25, 0.3) is 11.0 Å². The molecule has 0 spiro atoms. The van der Waals surface area contributed by atoms with Gasteiger partial charge in [0, 0.05) is 13.1 Å². The van der Waals surface area contributed by atoms with Gasteiger partial charge in [-0.15, -0.1) is 0 Å². The predicted octanol–water partition coefficient (Wildman–Crippen LogP) is 0.0117. The molecule has 0 aromatic carbocycles. The Kier molecular flexibility index (Phi) is 2.36. The van der Waals surface area contributed by atoms with Gasteiger partial charge in [0.15, 0.2) is 0 Å². The van der Waals surface area contributed by atoms with Crippen molar-refractivity contribution in [3.8, 4) is 0 Å². The van der Waals surface area contributed by atoms with Gasteiger partial charge >= 0.3 is 5.69 Å². The number of piperidine rings is 1. The summed E-state index contributed by atoms with van der Waals surface area (Å²) in [5.74, 6) is 1.17. The molecule has 2 N–H and O–H groups in total.